The van der Waals surface area contributed by atoms with Crippen molar-refractivity contribution in [3.8, 4) is 0 Å². The van der Waals surface area contributed by atoms with E-state index in [0.717, 1.165) is 25.3 Å². The van der Waals surface area contributed by atoms with Crippen LogP contribution in [0.1, 0.15) is 44.6 Å². The lowest BCUT2D eigenvalue weighted by atomic mass is 9.78. The monoisotopic (exact) mass is 350 g/mol. The van der Waals surface area contributed by atoms with E-state index in [1.807, 2.05) is 6.92 Å². The molecule has 3 rings (SSSR count). The number of halogens is 2. The molecule has 0 N–H and O–H groups in total. The molecule has 2 saturated heterocycles. The number of benzene rings is 1. The molecule has 136 valence electrons. The lowest BCUT2D eigenvalue weighted by molar-refractivity contribution is -0.146. The van der Waals surface area contributed by atoms with E-state index >= 15 is 0 Å². The summed E-state index contributed by atoms with van der Waals surface area (Å²) >= 11 is 0. The maximum atomic E-state index is 13.9. The zero-order chi connectivity index (χ0) is 18.0. The highest BCUT2D eigenvalue weighted by Gasteiger charge is 2.49. The van der Waals surface area contributed by atoms with Gasteiger partial charge in [-0.1, -0.05) is 19.1 Å². The van der Waals surface area contributed by atoms with Gasteiger partial charge >= 0.3 is 0 Å². The number of nitrogens with zero attached hydrogens (tertiary/aromatic N) is 2. The van der Waals surface area contributed by atoms with Crippen LogP contribution in [-0.4, -0.2) is 41.2 Å². The van der Waals surface area contributed by atoms with Gasteiger partial charge in [-0.25, -0.2) is 8.78 Å². The molecule has 1 aromatic rings. The van der Waals surface area contributed by atoms with E-state index < -0.39 is 17.0 Å². The molecule has 4 nitrogen and oxygen atoms in total. The van der Waals surface area contributed by atoms with Crippen LogP contribution in [0.5, 0.6) is 0 Å². The summed E-state index contributed by atoms with van der Waals surface area (Å²) in [5.74, 6) is -1.72. The number of piperidine rings is 1. The van der Waals surface area contributed by atoms with Crippen molar-refractivity contribution in [3.05, 3.63) is 35.4 Å². The van der Waals surface area contributed by atoms with Crippen LogP contribution in [0.25, 0.3) is 0 Å². The molecule has 0 radical (unpaired) electrons. The molecule has 2 aliphatic heterocycles. The molecule has 2 amide bonds. The first-order valence-electron chi connectivity index (χ1n) is 8.97. The Morgan fingerprint density at radius 2 is 2.04 bits per heavy atom. The Morgan fingerprint density at radius 3 is 2.80 bits per heavy atom. The van der Waals surface area contributed by atoms with Gasteiger partial charge in [-0.2, -0.15) is 0 Å². The van der Waals surface area contributed by atoms with Crippen LogP contribution < -0.4 is 0 Å². The first kappa shape index (κ1) is 17.8. The Bertz CT molecular complexity index is 679. The molecular weight excluding hydrogens is 326 g/mol. The molecule has 2 heterocycles. The second-order valence-electron chi connectivity index (χ2n) is 7.14. The summed E-state index contributed by atoms with van der Waals surface area (Å²) in [7, 11) is 0. The Hall–Kier alpha value is -1.98. The smallest absolute Gasteiger partial charge is 0.230 e. The highest BCUT2D eigenvalue weighted by Crippen LogP contribution is 2.40. The molecule has 0 aromatic heterocycles. The number of carbonyl (C=O) groups excluding carboxylic acids is 2. The van der Waals surface area contributed by atoms with Crippen molar-refractivity contribution in [3.63, 3.8) is 0 Å². The highest BCUT2D eigenvalue weighted by molar-refractivity contribution is 5.86. The van der Waals surface area contributed by atoms with Crippen LogP contribution >= 0.6 is 0 Å². The fourth-order valence-corrected chi connectivity index (χ4v) is 4.02. The van der Waals surface area contributed by atoms with E-state index in [9.17, 15) is 18.4 Å². The zero-order valence-electron chi connectivity index (χ0n) is 14.6. The summed E-state index contributed by atoms with van der Waals surface area (Å²) in [5, 5.41) is 0. The standard InChI is InChI=1S/C19H24F2N2O2/c1-2-5-16(24)23-11-9-19(13-23)8-4-10-22(18(19)25)12-14-6-3-7-15(20)17(14)21/h3,6-7H,2,4-5,8-13H2,1H3. The van der Waals surface area contributed by atoms with Gasteiger partial charge in [0.15, 0.2) is 11.6 Å². The molecule has 2 aliphatic rings. The van der Waals surface area contributed by atoms with Crippen molar-refractivity contribution >= 4 is 11.8 Å². The second kappa shape index (κ2) is 7.10. The maximum absolute atomic E-state index is 13.9. The quantitative estimate of drug-likeness (QED) is 0.837. The minimum absolute atomic E-state index is 0.0331. The predicted octanol–water partition coefficient (Wildman–Crippen LogP) is 3.11. The van der Waals surface area contributed by atoms with E-state index in [1.54, 1.807) is 9.80 Å². The number of hydrogen-bond acceptors (Lipinski definition) is 2. The fourth-order valence-electron chi connectivity index (χ4n) is 4.02. The third kappa shape index (κ3) is 3.39. The van der Waals surface area contributed by atoms with Gasteiger partial charge in [-0.3, -0.25) is 9.59 Å². The van der Waals surface area contributed by atoms with Crippen LogP contribution in [0.3, 0.4) is 0 Å². The van der Waals surface area contributed by atoms with Gasteiger partial charge in [0, 0.05) is 38.2 Å². The van der Waals surface area contributed by atoms with Crippen molar-refractivity contribution in [2.75, 3.05) is 19.6 Å². The number of carbonyl (C=O) groups is 2. The summed E-state index contributed by atoms with van der Waals surface area (Å²) in [4.78, 5) is 28.6. The van der Waals surface area contributed by atoms with Gasteiger partial charge in [0.25, 0.3) is 0 Å². The molecule has 1 atom stereocenters. The topological polar surface area (TPSA) is 40.6 Å². The lowest BCUT2D eigenvalue weighted by Gasteiger charge is -2.39. The first-order chi connectivity index (χ1) is 12.0. The molecule has 1 unspecified atom stereocenters. The SMILES string of the molecule is CCCC(=O)N1CCC2(CCCN(Cc3cccc(F)c3F)C2=O)C1. The molecule has 6 heteroatoms. The number of hydrogen-bond donors (Lipinski definition) is 0. The van der Waals surface area contributed by atoms with Crippen molar-refractivity contribution in [2.24, 2.45) is 5.41 Å². The van der Waals surface area contributed by atoms with Crippen LogP contribution in [0, 0.1) is 17.0 Å². The molecule has 0 saturated carbocycles. The van der Waals surface area contributed by atoms with Gasteiger partial charge in [-0.05, 0) is 31.7 Å². The summed E-state index contributed by atoms with van der Waals surface area (Å²) in [6.45, 7) is 3.64. The first-order valence-corrected chi connectivity index (χ1v) is 8.97. The van der Waals surface area contributed by atoms with Gasteiger partial charge in [0.05, 0.1) is 5.41 Å². The van der Waals surface area contributed by atoms with Crippen LogP contribution in [0.2, 0.25) is 0 Å². The lowest BCUT2D eigenvalue weighted by Crippen LogP contribution is -2.50. The summed E-state index contributed by atoms with van der Waals surface area (Å²) < 4.78 is 27.4. The molecule has 1 spiro atoms. The average molecular weight is 350 g/mol. The van der Waals surface area contributed by atoms with E-state index in [4.69, 9.17) is 0 Å². The number of likely N-dealkylation sites (tertiary alicyclic amines) is 2. The minimum Gasteiger partial charge on any atom is -0.342 e. The molecular formula is C19H24F2N2O2. The molecule has 2 fully saturated rings. The summed E-state index contributed by atoms with van der Waals surface area (Å²) in [6.07, 6.45) is 3.52. The predicted molar refractivity (Wildman–Crippen MR) is 89.5 cm³/mol. The zero-order valence-corrected chi connectivity index (χ0v) is 14.6. The highest BCUT2D eigenvalue weighted by atomic mass is 19.2. The Labute approximate surface area is 146 Å². The van der Waals surface area contributed by atoms with Gasteiger partial charge in [0.1, 0.15) is 0 Å². The van der Waals surface area contributed by atoms with Gasteiger partial charge < -0.3 is 9.80 Å². The summed E-state index contributed by atoms with van der Waals surface area (Å²) in [6, 6.07) is 4.05. The number of amides is 2. The molecule has 25 heavy (non-hydrogen) atoms. The van der Waals surface area contributed by atoms with Crippen molar-refractivity contribution in [1.29, 1.82) is 0 Å². The van der Waals surface area contributed by atoms with Gasteiger partial charge in [0.2, 0.25) is 11.8 Å². The van der Waals surface area contributed by atoms with Gasteiger partial charge in [-0.15, -0.1) is 0 Å². The molecule has 0 aliphatic carbocycles. The molecule has 1 aromatic carbocycles. The van der Waals surface area contributed by atoms with E-state index in [2.05, 4.69) is 0 Å². The maximum Gasteiger partial charge on any atom is 0.230 e. The van der Waals surface area contributed by atoms with Crippen molar-refractivity contribution in [2.45, 2.75) is 45.6 Å². The Kier molecular flexibility index (Phi) is 5.06. The van der Waals surface area contributed by atoms with Crippen LogP contribution in [-0.2, 0) is 16.1 Å². The Balaban J connectivity index is 1.73. The Morgan fingerprint density at radius 1 is 1.24 bits per heavy atom. The summed E-state index contributed by atoms with van der Waals surface area (Å²) in [5.41, 5.74) is -0.354. The third-order valence-electron chi connectivity index (χ3n) is 5.39. The van der Waals surface area contributed by atoms with E-state index in [1.165, 1.54) is 12.1 Å². The minimum atomic E-state index is -0.895. The number of rotatable bonds is 4. The fraction of sp³-hybridized carbons (Fsp3) is 0.579. The van der Waals surface area contributed by atoms with Crippen molar-refractivity contribution < 1.29 is 18.4 Å². The van der Waals surface area contributed by atoms with E-state index in [-0.39, 0.29) is 23.9 Å². The van der Waals surface area contributed by atoms with E-state index in [0.29, 0.717) is 32.5 Å². The largest absolute Gasteiger partial charge is 0.342 e. The second-order valence-corrected chi connectivity index (χ2v) is 7.14. The third-order valence-corrected chi connectivity index (χ3v) is 5.39. The van der Waals surface area contributed by atoms with Crippen LogP contribution in [0.4, 0.5) is 8.78 Å². The van der Waals surface area contributed by atoms with Crippen molar-refractivity contribution in [1.82, 2.24) is 9.80 Å². The normalized spacial score (nSPS) is 23.6. The average Bonchev–Trinajstić information content (AvgIpc) is 3.02. The molecule has 0 bridgehead atoms. The van der Waals surface area contributed by atoms with Crippen LogP contribution in [0.15, 0.2) is 18.2 Å².